The van der Waals surface area contributed by atoms with Crippen LogP contribution in [0.15, 0.2) is 79.4 Å². The van der Waals surface area contributed by atoms with Gasteiger partial charge >= 0.3 is 0 Å². The summed E-state index contributed by atoms with van der Waals surface area (Å²) in [6.45, 7) is 0. The number of pyridine rings is 3. The predicted molar refractivity (Wildman–Crippen MR) is 93.5 cm³/mol. The molecule has 0 atom stereocenters. The maximum atomic E-state index is 4.80. The molecule has 24 heavy (non-hydrogen) atoms. The van der Waals surface area contributed by atoms with Crippen LogP contribution in [0.2, 0.25) is 0 Å². The molecule has 0 radical (unpaired) electrons. The molecule has 0 aliphatic rings. The summed E-state index contributed by atoms with van der Waals surface area (Å²) in [6.07, 6.45) is 7.59. The van der Waals surface area contributed by atoms with E-state index in [2.05, 4.69) is 9.97 Å². The lowest BCUT2D eigenvalue weighted by Gasteiger charge is -2.08. The fraction of sp³-hybridized carbons (Fsp3) is 0. The summed E-state index contributed by atoms with van der Waals surface area (Å²) in [7, 11) is 0. The number of nitrogens with zero attached hydrogens (tertiary/aromatic N) is 5. The molecule has 5 rings (SSSR count). The number of aromatic nitrogens is 5. The Labute approximate surface area is 137 Å². The van der Waals surface area contributed by atoms with Crippen LogP contribution in [0.1, 0.15) is 0 Å². The first kappa shape index (κ1) is 13.0. The largest absolute Gasteiger partial charge is 0.285 e. The Balaban J connectivity index is 1.69. The Morgan fingerprint density at radius 2 is 1.12 bits per heavy atom. The monoisotopic (exact) mass is 311 g/mol. The fourth-order valence-electron chi connectivity index (χ4n) is 2.98. The summed E-state index contributed by atoms with van der Waals surface area (Å²) in [4.78, 5) is 13.7. The molecule has 0 bridgehead atoms. The zero-order chi connectivity index (χ0) is 15.9. The van der Waals surface area contributed by atoms with Gasteiger partial charge in [-0.3, -0.25) is 9.13 Å². The Morgan fingerprint density at radius 1 is 0.583 bits per heavy atom. The molecule has 0 unspecified atom stereocenters. The van der Waals surface area contributed by atoms with Gasteiger partial charge in [-0.1, -0.05) is 6.07 Å². The molecule has 0 spiro atoms. The van der Waals surface area contributed by atoms with Crippen LogP contribution >= 0.6 is 0 Å². The van der Waals surface area contributed by atoms with Crippen molar-refractivity contribution >= 4 is 22.1 Å². The maximum Gasteiger partial charge on any atom is 0.145 e. The van der Waals surface area contributed by atoms with Crippen molar-refractivity contribution in [3.63, 3.8) is 0 Å². The van der Waals surface area contributed by atoms with Gasteiger partial charge in [0.15, 0.2) is 0 Å². The van der Waals surface area contributed by atoms with Crippen molar-refractivity contribution in [2.45, 2.75) is 0 Å². The van der Waals surface area contributed by atoms with Gasteiger partial charge in [0.2, 0.25) is 0 Å². The van der Waals surface area contributed by atoms with Crippen molar-refractivity contribution in [3.8, 4) is 11.6 Å². The lowest BCUT2D eigenvalue weighted by Crippen LogP contribution is -2.02. The average molecular weight is 311 g/mol. The van der Waals surface area contributed by atoms with Gasteiger partial charge in [-0.15, -0.1) is 0 Å². The SMILES string of the molecule is c1cc(-n2ccc3cccnc32)nc(-n2ccc3cccnc32)c1. The molecule has 5 heterocycles. The summed E-state index contributed by atoms with van der Waals surface area (Å²) in [5, 5.41) is 2.19. The lowest BCUT2D eigenvalue weighted by atomic mass is 10.3. The molecule has 0 fully saturated rings. The Kier molecular flexibility index (Phi) is 2.72. The van der Waals surface area contributed by atoms with Crippen molar-refractivity contribution < 1.29 is 0 Å². The van der Waals surface area contributed by atoms with Gasteiger partial charge < -0.3 is 0 Å². The van der Waals surface area contributed by atoms with Gasteiger partial charge in [0, 0.05) is 35.6 Å². The minimum Gasteiger partial charge on any atom is -0.285 e. The molecule has 0 aromatic carbocycles. The van der Waals surface area contributed by atoms with Crippen molar-refractivity contribution in [2.75, 3.05) is 0 Å². The van der Waals surface area contributed by atoms with Crippen LogP contribution in [-0.4, -0.2) is 24.1 Å². The van der Waals surface area contributed by atoms with E-state index in [1.165, 1.54) is 0 Å². The smallest absolute Gasteiger partial charge is 0.145 e. The average Bonchev–Trinajstić information content (AvgIpc) is 3.26. The number of fused-ring (bicyclic) bond motifs is 2. The van der Waals surface area contributed by atoms with Gasteiger partial charge in [-0.05, 0) is 48.5 Å². The molecule has 0 saturated carbocycles. The first-order valence-corrected chi connectivity index (χ1v) is 7.72. The van der Waals surface area contributed by atoms with E-state index >= 15 is 0 Å². The number of hydrogen-bond acceptors (Lipinski definition) is 3. The molecule has 5 heteroatoms. The summed E-state index contributed by atoms with van der Waals surface area (Å²) < 4.78 is 4.00. The van der Waals surface area contributed by atoms with E-state index in [0.717, 1.165) is 33.7 Å². The second kappa shape index (κ2) is 5.03. The lowest BCUT2D eigenvalue weighted by molar-refractivity contribution is 0.962. The third-order valence-electron chi connectivity index (χ3n) is 4.11. The molecule has 0 aliphatic carbocycles. The molecule has 0 N–H and O–H groups in total. The fourth-order valence-corrected chi connectivity index (χ4v) is 2.98. The van der Waals surface area contributed by atoms with Gasteiger partial charge in [0.1, 0.15) is 22.9 Å². The van der Waals surface area contributed by atoms with Crippen LogP contribution in [0.4, 0.5) is 0 Å². The predicted octanol–water partition coefficient (Wildman–Crippen LogP) is 3.76. The van der Waals surface area contributed by atoms with Crippen LogP contribution in [0.25, 0.3) is 33.7 Å². The van der Waals surface area contributed by atoms with Crippen molar-refractivity contribution in [3.05, 3.63) is 79.4 Å². The molecular weight excluding hydrogens is 298 g/mol. The van der Waals surface area contributed by atoms with Crippen LogP contribution < -0.4 is 0 Å². The zero-order valence-electron chi connectivity index (χ0n) is 12.7. The second-order valence-electron chi connectivity index (χ2n) is 5.56. The van der Waals surface area contributed by atoms with Gasteiger partial charge in [0.25, 0.3) is 0 Å². The van der Waals surface area contributed by atoms with Gasteiger partial charge in [-0.25, -0.2) is 15.0 Å². The maximum absolute atomic E-state index is 4.80. The highest BCUT2D eigenvalue weighted by atomic mass is 15.2. The van der Waals surface area contributed by atoms with Gasteiger partial charge in [0.05, 0.1) is 0 Å². The third kappa shape index (κ3) is 1.91. The number of hydrogen-bond donors (Lipinski definition) is 0. The zero-order valence-corrected chi connectivity index (χ0v) is 12.7. The first-order valence-electron chi connectivity index (χ1n) is 7.72. The molecule has 5 aromatic heterocycles. The summed E-state index contributed by atoms with van der Waals surface area (Å²) in [5.41, 5.74) is 1.80. The van der Waals surface area contributed by atoms with Crippen molar-refractivity contribution in [2.24, 2.45) is 0 Å². The summed E-state index contributed by atoms with van der Waals surface area (Å²) in [6, 6.07) is 18.0. The van der Waals surface area contributed by atoms with E-state index in [-0.39, 0.29) is 0 Å². The molecule has 5 nitrogen and oxygen atoms in total. The summed E-state index contributed by atoms with van der Waals surface area (Å²) >= 11 is 0. The Morgan fingerprint density at radius 3 is 1.67 bits per heavy atom. The van der Waals surface area contributed by atoms with E-state index in [1.807, 2.05) is 76.1 Å². The third-order valence-corrected chi connectivity index (χ3v) is 4.11. The highest BCUT2D eigenvalue weighted by Crippen LogP contribution is 2.20. The minimum atomic E-state index is 0.832. The molecule has 0 aliphatic heterocycles. The van der Waals surface area contributed by atoms with Crippen LogP contribution in [0, 0.1) is 0 Å². The van der Waals surface area contributed by atoms with E-state index in [1.54, 1.807) is 12.4 Å². The standard InChI is InChI=1S/C19H13N5/c1-6-16(23-12-8-14-4-2-10-20-18(14)23)22-17(7-1)24-13-9-15-5-3-11-21-19(15)24/h1-13H. The molecule has 114 valence electrons. The van der Waals surface area contributed by atoms with Crippen molar-refractivity contribution in [1.29, 1.82) is 0 Å². The minimum absolute atomic E-state index is 0.832. The quantitative estimate of drug-likeness (QED) is 0.499. The highest BCUT2D eigenvalue weighted by molar-refractivity contribution is 5.78. The topological polar surface area (TPSA) is 48.5 Å². The molecular formula is C19H13N5. The van der Waals surface area contributed by atoms with E-state index in [4.69, 9.17) is 4.98 Å². The molecule has 5 aromatic rings. The number of rotatable bonds is 2. The van der Waals surface area contributed by atoms with E-state index in [0.29, 0.717) is 0 Å². The van der Waals surface area contributed by atoms with E-state index < -0.39 is 0 Å². The molecule has 0 saturated heterocycles. The van der Waals surface area contributed by atoms with Crippen LogP contribution in [0.3, 0.4) is 0 Å². The highest BCUT2D eigenvalue weighted by Gasteiger charge is 2.08. The molecule has 0 amide bonds. The van der Waals surface area contributed by atoms with E-state index in [9.17, 15) is 0 Å². The van der Waals surface area contributed by atoms with Gasteiger partial charge in [-0.2, -0.15) is 0 Å². The summed E-state index contributed by atoms with van der Waals surface area (Å²) in [5.74, 6) is 1.66. The van der Waals surface area contributed by atoms with Crippen molar-refractivity contribution in [1.82, 2.24) is 24.1 Å². The first-order chi connectivity index (χ1) is 11.9. The normalized spacial score (nSPS) is 11.3. The Hall–Kier alpha value is -3.47. The van der Waals surface area contributed by atoms with Crippen LogP contribution in [-0.2, 0) is 0 Å². The Bertz CT molecular complexity index is 1080. The van der Waals surface area contributed by atoms with Crippen LogP contribution in [0.5, 0.6) is 0 Å². The second-order valence-corrected chi connectivity index (χ2v) is 5.56.